The molecule has 12 rings (SSSR count). The maximum atomic E-state index is 11.8. The van der Waals surface area contributed by atoms with Gasteiger partial charge in [-0.1, -0.05) is 155 Å². The summed E-state index contributed by atoms with van der Waals surface area (Å²) in [5, 5.41) is 20.2. The first-order chi connectivity index (χ1) is 34.7. The number of rotatable bonds is 5. The number of para-hydroxylation sites is 1. The predicted octanol–water partition coefficient (Wildman–Crippen LogP) is 16.2. The maximum absolute atomic E-state index is 11.8. The van der Waals surface area contributed by atoms with Crippen molar-refractivity contribution < 1.29 is 0 Å². The summed E-state index contributed by atoms with van der Waals surface area (Å²) in [5.41, 5.74) is 14.8. The van der Waals surface area contributed by atoms with Gasteiger partial charge in [0.1, 0.15) is 0 Å². The summed E-state index contributed by atoms with van der Waals surface area (Å²) in [5.74, 6) is 2.02. The van der Waals surface area contributed by atoms with Gasteiger partial charge in [0.05, 0.1) is 30.4 Å². The molecule has 1 saturated carbocycles. The maximum Gasteiger partial charge on any atom is 0.0901 e. The molecule has 5 aromatic rings. The highest BCUT2D eigenvalue weighted by molar-refractivity contribution is 8.01. The molecule has 0 spiro atoms. The predicted molar refractivity (Wildman–Crippen MR) is 309 cm³/mol. The second-order valence-electron chi connectivity index (χ2n) is 27.9. The SMILES string of the molecule is CC(C)(C)c1ccc2c(c1)c1c(n2C2CC(n3c4c(c5cc(C(C)(C)C)ccc53)CC(C(C)(C)C)C=C4)C(C3NC(C4C=CCC5C6=CC=CCC6SC54)N3c3ccccc3)CC2C#N)CCC(C(C)(C)C)C1. The highest BCUT2D eigenvalue weighted by atomic mass is 32.2. The zero-order valence-corrected chi connectivity index (χ0v) is 47.0. The van der Waals surface area contributed by atoms with Crippen LogP contribution in [0.2, 0.25) is 0 Å². The summed E-state index contributed by atoms with van der Waals surface area (Å²) in [7, 11) is 0. The summed E-state index contributed by atoms with van der Waals surface area (Å²) in [6, 6.07) is 29.5. The summed E-state index contributed by atoms with van der Waals surface area (Å²) in [6.45, 7) is 28.7. The summed E-state index contributed by atoms with van der Waals surface area (Å²) in [6.07, 6.45) is 25.9. The molecule has 12 atom stereocenters. The Morgan fingerprint density at radius 1 is 0.699 bits per heavy atom. The minimum absolute atomic E-state index is 0.0269. The number of hydrogen-bond acceptors (Lipinski definition) is 4. The Morgan fingerprint density at radius 3 is 2.07 bits per heavy atom. The van der Waals surface area contributed by atoms with E-state index in [4.69, 9.17) is 0 Å². The van der Waals surface area contributed by atoms with Crippen LogP contribution in [0.15, 0.2) is 109 Å². The Kier molecular flexibility index (Phi) is 11.9. The Labute approximate surface area is 442 Å². The van der Waals surface area contributed by atoms with Crippen molar-refractivity contribution in [3.8, 4) is 6.07 Å². The minimum atomic E-state index is -0.153. The first-order valence-electron chi connectivity index (χ1n) is 28.4. The molecule has 382 valence electrons. The number of allylic oxidation sites excluding steroid dienone is 5. The van der Waals surface area contributed by atoms with E-state index in [1.807, 2.05) is 0 Å². The average molecular weight is 991 g/mol. The van der Waals surface area contributed by atoms with E-state index in [9.17, 15) is 5.26 Å². The molecule has 5 nitrogen and oxygen atoms in total. The fourth-order valence-electron chi connectivity index (χ4n) is 15.1. The lowest BCUT2D eigenvalue weighted by Crippen LogP contribution is -2.76. The lowest BCUT2D eigenvalue weighted by atomic mass is 9.70. The largest absolute Gasteiger partial charge is 0.340 e. The van der Waals surface area contributed by atoms with E-state index < -0.39 is 0 Å². The van der Waals surface area contributed by atoms with Crippen molar-refractivity contribution in [1.82, 2.24) is 14.5 Å². The van der Waals surface area contributed by atoms with Crippen molar-refractivity contribution in [3.63, 3.8) is 0 Å². The van der Waals surface area contributed by atoms with E-state index in [0.717, 1.165) is 44.9 Å². The van der Waals surface area contributed by atoms with E-state index >= 15 is 0 Å². The molecule has 0 bridgehead atoms. The summed E-state index contributed by atoms with van der Waals surface area (Å²) < 4.78 is 5.61. The summed E-state index contributed by atoms with van der Waals surface area (Å²) >= 11 is 2.24. The van der Waals surface area contributed by atoms with Gasteiger partial charge in [-0.15, -0.1) is 11.8 Å². The molecule has 1 N–H and O–H groups in total. The number of anilines is 1. The van der Waals surface area contributed by atoms with Gasteiger partial charge in [0.2, 0.25) is 0 Å². The highest BCUT2D eigenvalue weighted by Gasteiger charge is 2.56. The van der Waals surface area contributed by atoms with E-state index in [1.165, 1.54) is 62.0 Å². The molecular weight excluding hydrogens is 907 g/mol. The molecule has 12 unspecified atom stereocenters. The number of thioether (sulfide) groups is 1. The minimum Gasteiger partial charge on any atom is -0.340 e. The van der Waals surface area contributed by atoms with Gasteiger partial charge in [-0.2, -0.15) is 5.26 Å². The topological polar surface area (TPSA) is 48.9 Å². The van der Waals surface area contributed by atoms with Crippen LogP contribution < -0.4 is 10.2 Å². The Hall–Kier alpha value is -4.70. The highest BCUT2D eigenvalue weighted by Crippen LogP contribution is 2.57. The Balaban J connectivity index is 1.03. The number of hydrogen-bond donors (Lipinski definition) is 1. The van der Waals surface area contributed by atoms with Gasteiger partial charge >= 0.3 is 0 Å². The van der Waals surface area contributed by atoms with E-state index in [1.54, 1.807) is 11.1 Å². The van der Waals surface area contributed by atoms with Crippen LogP contribution in [0, 0.1) is 57.7 Å². The second kappa shape index (κ2) is 17.7. The first kappa shape index (κ1) is 49.2. The molecule has 0 amide bonds. The normalized spacial score (nSPS) is 31.2. The molecule has 4 heterocycles. The third-order valence-corrected chi connectivity index (χ3v) is 21.3. The fraction of sp³-hybridized carbons (Fsp3) is 0.537. The van der Waals surface area contributed by atoms with Gasteiger partial charge in [-0.3, -0.25) is 5.32 Å². The molecular formula is C67H83N5S. The number of nitrogens with one attached hydrogen (secondary N) is 1. The first-order valence-corrected chi connectivity index (χ1v) is 29.3. The molecule has 73 heavy (non-hydrogen) atoms. The Bertz CT molecular complexity index is 3120. The third kappa shape index (κ3) is 8.27. The van der Waals surface area contributed by atoms with Crippen molar-refractivity contribution in [3.05, 3.63) is 142 Å². The lowest BCUT2D eigenvalue weighted by molar-refractivity contribution is 0.0633. The average Bonchev–Trinajstić information content (AvgIpc) is 4.00. The van der Waals surface area contributed by atoms with Crippen LogP contribution in [-0.4, -0.2) is 32.0 Å². The lowest BCUT2D eigenvalue weighted by Gasteiger charge is -2.60. The number of fused-ring (bicyclic) bond motifs is 9. The van der Waals surface area contributed by atoms with Gasteiger partial charge in [0.15, 0.2) is 0 Å². The zero-order chi connectivity index (χ0) is 51.1. The summed E-state index contributed by atoms with van der Waals surface area (Å²) in [4.78, 5) is 2.80. The van der Waals surface area contributed by atoms with Crippen LogP contribution in [0.3, 0.4) is 0 Å². The van der Waals surface area contributed by atoms with Crippen LogP contribution in [0.25, 0.3) is 27.9 Å². The molecule has 2 aliphatic heterocycles. The zero-order valence-electron chi connectivity index (χ0n) is 46.2. The fourth-order valence-corrected chi connectivity index (χ4v) is 17.0. The van der Waals surface area contributed by atoms with Crippen molar-refractivity contribution in [2.45, 2.75) is 180 Å². The molecule has 6 heteroatoms. The van der Waals surface area contributed by atoms with Crippen molar-refractivity contribution in [1.29, 1.82) is 5.26 Å². The van der Waals surface area contributed by atoms with Crippen molar-refractivity contribution in [2.24, 2.45) is 46.3 Å². The Morgan fingerprint density at radius 2 is 1.40 bits per heavy atom. The van der Waals surface area contributed by atoms with Crippen LogP contribution in [0.4, 0.5) is 5.69 Å². The van der Waals surface area contributed by atoms with Gasteiger partial charge in [0.25, 0.3) is 0 Å². The van der Waals surface area contributed by atoms with Crippen LogP contribution >= 0.6 is 11.8 Å². The molecule has 3 fully saturated rings. The number of aromatic nitrogens is 2. The van der Waals surface area contributed by atoms with Crippen LogP contribution in [0.5, 0.6) is 0 Å². The number of benzene rings is 3. The molecule has 2 aromatic heterocycles. The molecule has 5 aliphatic carbocycles. The van der Waals surface area contributed by atoms with Gasteiger partial charge in [0, 0.05) is 67.3 Å². The van der Waals surface area contributed by atoms with E-state index in [0.29, 0.717) is 34.2 Å². The quantitative estimate of drug-likeness (QED) is 0.178. The van der Waals surface area contributed by atoms with Gasteiger partial charge < -0.3 is 14.0 Å². The monoisotopic (exact) mass is 990 g/mol. The number of nitriles is 1. The molecule has 7 aliphatic rings. The molecule has 3 aromatic carbocycles. The van der Waals surface area contributed by atoms with E-state index in [2.05, 4.69) is 230 Å². The van der Waals surface area contributed by atoms with Crippen molar-refractivity contribution in [2.75, 3.05) is 4.90 Å². The van der Waals surface area contributed by atoms with Gasteiger partial charge in [-0.25, -0.2) is 0 Å². The second-order valence-corrected chi connectivity index (χ2v) is 29.3. The molecule has 2 saturated heterocycles. The van der Waals surface area contributed by atoms with E-state index in [-0.39, 0.29) is 57.9 Å². The smallest absolute Gasteiger partial charge is 0.0901 e. The standard InChI is InChI=1S/C67H83N5S/c1-64(2,3)41-25-29-54-49(34-41)50-35-42(65(4,5)6)26-30-55(50)71(54)58-38-59(72-56-31-27-43(66(7,8)9)36-51(56)52-37-44(67(10,11)12)28-32-57(52)72)53(33-40(58)39-68)63-69-62(70(63)45-19-14-13-15-20-45)48-23-18-22-47-46-21-16-17-24-60(46)73-61(47)48/h13-21,23,25,27-29,31-32,34,36,40,42,44,47-48,53,58-63,69H,22,24,26,30,33,35,37-38H2,1-12H3. The molecule has 0 radical (unpaired) electrons. The third-order valence-electron chi connectivity index (χ3n) is 19.5. The van der Waals surface area contributed by atoms with Crippen LogP contribution in [0.1, 0.15) is 161 Å². The van der Waals surface area contributed by atoms with Crippen LogP contribution in [-0.2, 0) is 30.1 Å². The van der Waals surface area contributed by atoms with Gasteiger partial charge in [-0.05, 0) is 156 Å². The number of nitrogens with zero attached hydrogens (tertiary/aromatic N) is 4. The van der Waals surface area contributed by atoms with Crippen molar-refractivity contribution >= 4 is 45.3 Å².